The van der Waals surface area contributed by atoms with Crippen LogP contribution in [-0.2, 0) is 12.8 Å². The smallest absolute Gasteiger partial charge is 0.126 e. The van der Waals surface area contributed by atoms with E-state index in [-0.39, 0.29) is 5.82 Å². The number of fused-ring (bicyclic) bond motifs is 1. The molecule has 98 valence electrons. The summed E-state index contributed by atoms with van der Waals surface area (Å²) in [5.41, 5.74) is 3.31. The molecular formula is C16H15BrFN. The van der Waals surface area contributed by atoms with Gasteiger partial charge in [0, 0.05) is 16.2 Å². The summed E-state index contributed by atoms with van der Waals surface area (Å²) in [4.78, 5) is 0. The van der Waals surface area contributed by atoms with Gasteiger partial charge in [0.15, 0.2) is 0 Å². The minimum Gasteiger partial charge on any atom is -0.382 e. The molecule has 0 spiro atoms. The van der Waals surface area contributed by atoms with E-state index >= 15 is 0 Å². The first-order valence-corrected chi connectivity index (χ1v) is 7.30. The Labute approximate surface area is 121 Å². The number of hydrogen-bond donors (Lipinski definition) is 1. The van der Waals surface area contributed by atoms with E-state index in [1.54, 1.807) is 6.07 Å². The second-order valence-corrected chi connectivity index (χ2v) is 5.89. The van der Waals surface area contributed by atoms with E-state index in [4.69, 9.17) is 0 Å². The predicted octanol–water partition coefficient (Wildman–Crippen LogP) is 4.56. The lowest BCUT2D eigenvalue weighted by molar-refractivity contribution is 0.575. The van der Waals surface area contributed by atoms with Gasteiger partial charge in [-0.05, 0) is 54.7 Å². The van der Waals surface area contributed by atoms with Crippen LogP contribution >= 0.6 is 15.9 Å². The first kappa shape index (κ1) is 12.7. The first-order chi connectivity index (χ1) is 9.22. The molecule has 0 bridgehead atoms. The fraction of sp³-hybridized carbons (Fsp3) is 0.250. The lowest BCUT2D eigenvalue weighted by Gasteiger charge is -2.27. The highest BCUT2D eigenvalue weighted by Gasteiger charge is 2.18. The average molecular weight is 320 g/mol. The summed E-state index contributed by atoms with van der Waals surface area (Å²) in [5.74, 6) is -0.121. The van der Waals surface area contributed by atoms with Crippen LogP contribution in [0.15, 0.2) is 46.9 Å². The van der Waals surface area contributed by atoms with Gasteiger partial charge in [0.1, 0.15) is 5.82 Å². The van der Waals surface area contributed by atoms with Crippen LogP contribution < -0.4 is 5.32 Å². The number of para-hydroxylation sites is 1. The second-order valence-electron chi connectivity index (χ2n) is 4.98. The SMILES string of the molecule is Fc1ccc(Br)cc1CC1CCc2ccccc2N1. The average Bonchev–Trinajstić information content (AvgIpc) is 2.43. The zero-order chi connectivity index (χ0) is 13.2. The molecule has 1 atom stereocenters. The molecule has 1 heterocycles. The Hall–Kier alpha value is -1.35. The van der Waals surface area contributed by atoms with Gasteiger partial charge in [0.05, 0.1) is 0 Å². The summed E-state index contributed by atoms with van der Waals surface area (Å²) < 4.78 is 14.7. The quantitative estimate of drug-likeness (QED) is 0.855. The van der Waals surface area contributed by atoms with Gasteiger partial charge in [-0.15, -0.1) is 0 Å². The Morgan fingerprint density at radius 1 is 1.21 bits per heavy atom. The van der Waals surface area contributed by atoms with Crippen LogP contribution in [0.1, 0.15) is 17.5 Å². The summed E-state index contributed by atoms with van der Waals surface area (Å²) in [6.07, 6.45) is 2.83. The normalized spacial score (nSPS) is 17.7. The van der Waals surface area contributed by atoms with E-state index in [1.807, 2.05) is 12.1 Å². The molecule has 1 aliphatic rings. The Morgan fingerprint density at radius 3 is 2.95 bits per heavy atom. The van der Waals surface area contributed by atoms with Crippen LogP contribution in [0.25, 0.3) is 0 Å². The van der Waals surface area contributed by atoms with Crippen molar-refractivity contribution in [1.82, 2.24) is 0 Å². The molecule has 1 aliphatic heterocycles. The van der Waals surface area contributed by atoms with Crippen molar-refractivity contribution in [2.75, 3.05) is 5.32 Å². The molecule has 19 heavy (non-hydrogen) atoms. The summed E-state index contributed by atoms with van der Waals surface area (Å²) in [5, 5.41) is 3.51. The zero-order valence-corrected chi connectivity index (χ0v) is 12.1. The zero-order valence-electron chi connectivity index (χ0n) is 10.5. The summed E-state index contributed by atoms with van der Waals surface area (Å²) in [7, 11) is 0. The molecule has 0 radical (unpaired) electrons. The fourth-order valence-corrected chi connectivity index (χ4v) is 3.03. The number of nitrogens with one attached hydrogen (secondary N) is 1. The van der Waals surface area contributed by atoms with Crippen LogP contribution in [0, 0.1) is 5.82 Å². The van der Waals surface area contributed by atoms with Gasteiger partial charge in [0.2, 0.25) is 0 Å². The molecule has 0 saturated heterocycles. The Kier molecular flexibility index (Phi) is 3.56. The first-order valence-electron chi connectivity index (χ1n) is 6.51. The van der Waals surface area contributed by atoms with Gasteiger partial charge >= 0.3 is 0 Å². The molecule has 3 heteroatoms. The van der Waals surface area contributed by atoms with Crippen LogP contribution in [0.3, 0.4) is 0 Å². The molecule has 2 aromatic carbocycles. The van der Waals surface area contributed by atoms with Crippen molar-refractivity contribution in [1.29, 1.82) is 0 Å². The van der Waals surface area contributed by atoms with E-state index in [0.29, 0.717) is 6.04 Å². The highest BCUT2D eigenvalue weighted by atomic mass is 79.9. The van der Waals surface area contributed by atoms with Crippen molar-refractivity contribution >= 4 is 21.6 Å². The molecule has 0 aromatic heterocycles. The molecule has 1 unspecified atom stereocenters. The Balaban J connectivity index is 1.77. The van der Waals surface area contributed by atoms with Crippen LogP contribution in [0.5, 0.6) is 0 Å². The van der Waals surface area contributed by atoms with Crippen molar-refractivity contribution in [3.05, 3.63) is 63.9 Å². The van der Waals surface area contributed by atoms with Crippen molar-refractivity contribution in [3.8, 4) is 0 Å². The maximum atomic E-state index is 13.8. The lowest BCUT2D eigenvalue weighted by Crippen LogP contribution is -2.27. The van der Waals surface area contributed by atoms with Crippen molar-refractivity contribution in [3.63, 3.8) is 0 Å². The molecule has 1 nitrogen and oxygen atoms in total. The molecule has 0 fully saturated rings. The molecule has 3 rings (SSSR count). The topological polar surface area (TPSA) is 12.0 Å². The number of aryl methyl sites for hydroxylation is 1. The number of benzene rings is 2. The van der Waals surface area contributed by atoms with Crippen LogP contribution in [-0.4, -0.2) is 6.04 Å². The second kappa shape index (κ2) is 5.33. The maximum Gasteiger partial charge on any atom is 0.126 e. The Bertz CT molecular complexity index is 597. The van der Waals surface area contributed by atoms with Crippen LogP contribution in [0.2, 0.25) is 0 Å². The lowest BCUT2D eigenvalue weighted by atomic mass is 9.94. The number of hydrogen-bond acceptors (Lipinski definition) is 1. The minimum atomic E-state index is -0.121. The van der Waals surface area contributed by atoms with E-state index in [2.05, 4.69) is 39.4 Å². The van der Waals surface area contributed by atoms with Gasteiger partial charge in [-0.1, -0.05) is 34.1 Å². The van der Waals surface area contributed by atoms with E-state index in [9.17, 15) is 4.39 Å². The third-order valence-electron chi connectivity index (χ3n) is 3.61. The molecule has 1 N–H and O–H groups in total. The minimum absolute atomic E-state index is 0.121. The third kappa shape index (κ3) is 2.81. The van der Waals surface area contributed by atoms with Crippen LogP contribution in [0.4, 0.5) is 10.1 Å². The monoisotopic (exact) mass is 319 g/mol. The van der Waals surface area contributed by atoms with Crippen molar-refractivity contribution < 1.29 is 4.39 Å². The summed E-state index contributed by atoms with van der Waals surface area (Å²) in [6, 6.07) is 13.8. The van der Waals surface area contributed by atoms with Gasteiger partial charge in [-0.25, -0.2) is 4.39 Å². The van der Waals surface area contributed by atoms with Gasteiger partial charge in [-0.3, -0.25) is 0 Å². The number of rotatable bonds is 2. The molecule has 0 aliphatic carbocycles. The van der Waals surface area contributed by atoms with Gasteiger partial charge < -0.3 is 5.32 Å². The third-order valence-corrected chi connectivity index (χ3v) is 4.11. The predicted molar refractivity (Wildman–Crippen MR) is 80.0 cm³/mol. The number of halogens is 2. The molecular weight excluding hydrogens is 305 g/mol. The summed E-state index contributed by atoms with van der Waals surface area (Å²) in [6.45, 7) is 0. The Morgan fingerprint density at radius 2 is 2.05 bits per heavy atom. The van der Waals surface area contributed by atoms with Crippen molar-refractivity contribution in [2.45, 2.75) is 25.3 Å². The van der Waals surface area contributed by atoms with E-state index < -0.39 is 0 Å². The standard InChI is InChI=1S/C16H15BrFN/c17-13-6-8-15(18)12(9-13)10-14-7-5-11-3-1-2-4-16(11)19-14/h1-4,6,8-9,14,19H,5,7,10H2. The van der Waals surface area contributed by atoms with Gasteiger partial charge in [0.25, 0.3) is 0 Å². The van der Waals surface area contributed by atoms with E-state index in [1.165, 1.54) is 17.3 Å². The largest absolute Gasteiger partial charge is 0.382 e. The molecule has 0 saturated carbocycles. The van der Waals surface area contributed by atoms with Crippen molar-refractivity contribution in [2.24, 2.45) is 0 Å². The van der Waals surface area contributed by atoms with Gasteiger partial charge in [-0.2, -0.15) is 0 Å². The molecule has 2 aromatic rings. The fourth-order valence-electron chi connectivity index (χ4n) is 2.62. The number of anilines is 1. The molecule has 0 amide bonds. The van der Waals surface area contributed by atoms with E-state index in [0.717, 1.165) is 29.3 Å². The maximum absolute atomic E-state index is 13.8. The highest BCUT2D eigenvalue weighted by molar-refractivity contribution is 9.10. The highest BCUT2D eigenvalue weighted by Crippen LogP contribution is 2.27. The summed E-state index contributed by atoms with van der Waals surface area (Å²) >= 11 is 3.40.